The van der Waals surface area contributed by atoms with Gasteiger partial charge in [0, 0.05) is 0 Å². The Morgan fingerprint density at radius 1 is 1.27 bits per heavy atom. The maximum absolute atomic E-state index is 11.7. The highest BCUT2D eigenvalue weighted by molar-refractivity contribution is 5.74. The lowest BCUT2D eigenvalue weighted by atomic mass is 10.1. The van der Waals surface area contributed by atoms with Crippen LogP contribution in [0, 0.1) is 0 Å². The minimum Gasteiger partial charge on any atom is -0.479 e. The van der Waals surface area contributed by atoms with Crippen LogP contribution in [0.4, 0.5) is 8.78 Å². The molecule has 6 heteroatoms. The van der Waals surface area contributed by atoms with Crippen molar-refractivity contribution < 1.29 is 28.5 Å². The van der Waals surface area contributed by atoms with E-state index in [-0.39, 0.29) is 11.3 Å². The molecule has 0 amide bonds. The molecule has 4 nitrogen and oxygen atoms in total. The molecule has 0 aliphatic carbocycles. The fourth-order valence-electron chi connectivity index (χ4n) is 0.974. The van der Waals surface area contributed by atoms with Crippen LogP contribution in [-0.2, 0) is 4.79 Å². The molecule has 1 aromatic rings. The van der Waals surface area contributed by atoms with Gasteiger partial charge in [-0.25, -0.2) is 4.79 Å². The third-order valence-corrected chi connectivity index (χ3v) is 1.65. The van der Waals surface area contributed by atoms with Crippen LogP contribution in [0.1, 0.15) is 11.7 Å². The Balaban J connectivity index is 2.76. The normalized spacial score (nSPS) is 12.5. The zero-order chi connectivity index (χ0) is 11.4. The van der Waals surface area contributed by atoms with Gasteiger partial charge in [-0.05, 0) is 17.7 Å². The number of aliphatic hydroxyl groups is 1. The van der Waals surface area contributed by atoms with E-state index in [1.165, 1.54) is 12.1 Å². The summed E-state index contributed by atoms with van der Waals surface area (Å²) < 4.78 is 27.5. The van der Waals surface area contributed by atoms with Crippen molar-refractivity contribution in [1.29, 1.82) is 0 Å². The molecule has 0 aliphatic rings. The first-order chi connectivity index (χ1) is 7.00. The van der Waals surface area contributed by atoms with E-state index in [2.05, 4.69) is 4.74 Å². The number of hydrogen-bond acceptors (Lipinski definition) is 3. The number of aliphatic hydroxyl groups excluding tert-OH is 1. The third kappa shape index (κ3) is 3.17. The Hall–Kier alpha value is -1.69. The van der Waals surface area contributed by atoms with E-state index in [0.717, 1.165) is 12.1 Å². The lowest BCUT2D eigenvalue weighted by molar-refractivity contribution is -0.146. The van der Waals surface area contributed by atoms with E-state index < -0.39 is 18.7 Å². The van der Waals surface area contributed by atoms with Crippen LogP contribution in [0.2, 0.25) is 0 Å². The molecule has 0 spiro atoms. The van der Waals surface area contributed by atoms with Gasteiger partial charge in [-0.15, -0.1) is 0 Å². The third-order valence-electron chi connectivity index (χ3n) is 1.65. The molecule has 82 valence electrons. The molecule has 1 aromatic carbocycles. The fraction of sp³-hybridized carbons (Fsp3) is 0.222. The number of benzene rings is 1. The van der Waals surface area contributed by atoms with Crippen molar-refractivity contribution in [3.05, 3.63) is 29.8 Å². The Morgan fingerprint density at radius 2 is 1.80 bits per heavy atom. The van der Waals surface area contributed by atoms with Gasteiger partial charge in [0.25, 0.3) is 0 Å². The molecular formula is C9H8F2O4. The van der Waals surface area contributed by atoms with Crippen LogP contribution in [0.3, 0.4) is 0 Å². The zero-order valence-corrected chi connectivity index (χ0v) is 7.43. The Labute approximate surface area is 83.7 Å². The molecule has 15 heavy (non-hydrogen) atoms. The van der Waals surface area contributed by atoms with Crippen molar-refractivity contribution in [2.45, 2.75) is 12.7 Å². The SMILES string of the molecule is O=C(O)C(O)c1ccc(OC(F)F)cc1. The van der Waals surface area contributed by atoms with E-state index in [1.807, 2.05) is 0 Å². The van der Waals surface area contributed by atoms with E-state index in [9.17, 15) is 13.6 Å². The molecular weight excluding hydrogens is 210 g/mol. The monoisotopic (exact) mass is 218 g/mol. The first-order valence-electron chi connectivity index (χ1n) is 3.96. The second-order valence-corrected chi connectivity index (χ2v) is 2.69. The molecule has 0 heterocycles. The van der Waals surface area contributed by atoms with Crippen LogP contribution in [-0.4, -0.2) is 22.8 Å². The zero-order valence-electron chi connectivity index (χ0n) is 7.43. The van der Waals surface area contributed by atoms with Crippen molar-refractivity contribution in [1.82, 2.24) is 0 Å². The quantitative estimate of drug-likeness (QED) is 0.801. The van der Waals surface area contributed by atoms with Crippen LogP contribution >= 0.6 is 0 Å². The number of carboxylic acid groups (broad SMARTS) is 1. The van der Waals surface area contributed by atoms with Crippen molar-refractivity contribution in [3.63, 3.8) is 0 Å². The molecule has 0 fully saturated rings. The Bertz CT molecular complexity index is 336. The summed E-state index contributed by atoms with van der Waals surface area (Å²) in [6.45, 7) is -2.93. The molecule has 0 aliphatic heterocycles. The number of carboxylic acids is 1. The molecule has 0 aromatic heterocycles. The highest BCUT2D eigenvalue weighted by atomic mass is 19.3. The number of rotatable bonds is 4. The summed E-state index contributed by atoms with van der Waals surface area (Å²) in [5, 5.41) is 17.5. The average molecular weight is 218 g/mol. The van der Waals surface area contributed by atoms with Gasteiger partial charge < -0.3 is 14.9 Å². The van der Waals surface area contributed by atoms with Gasteiger partial charge in [0.2, 0.25) is 0 Å². The molecule has 1 unspecified atom stereocenters. The van der Waals surface area contributed by atoms with Gasteiger partial charge in [0.1, 0.15) is 5.75 Å². The van der Waals surface area contributed by atoms with Crippen molar-refractivity contribution in [2.24, 2.45) is 0 Å². The predicted octanol–water partition coefficient (Wildman–Crippen LogP) is 1.41. The minimum atomic E-state index is -2.93. The van der Waals surface area contributed by atoms with Crippen molar-refractivity contribution >= 4 is 5.97 Å². The van der Waals surface area contributed by atoms with Gasteiger partial charge in [-0.3, -0.25) is 0 Å². The van der Waals surface area contributed by atoms with Gasteiger partial charge in [-0.1, -0.05) is 12.1 Å². The molecule has 1 atom stereocenters. The summed E-state index contributed by atoms with van der Waals surface area (Å²) in [5.41, 5.74) is 0.101. The van der Waals surface area contributed by atoms with E-state index >= 15 is 0 Å². The number of halogens is 2. The first kappa shape index (κ1) is 11.4. The maximum atomic E-state index is 11.7. The van der Waals surface area contributed by atoms with Gasteiger partial charge in [-0.2, -0.15) is 8.78 Å². The summed E-state index contributed by atoms with van der Waals surface area (Å²) in [6, 6.07) is 4.73. The summed E-state index contributed by atoms with van der Waals surface area (Å²) in [6.07, 6.45) is -1.66. The second-order valence-electron chi connectivity index (χ2n) is 2.69. The fourth-order valence-corrected chi connectivity index (χ4v) is 0.974. The van der Waals surface area contributed by atoms with E-state index in [0.29, 0.717) is 0 Å². The largest absolute Gasteiger partial charge is 0.479 e. The van der Waals surface area contributed by atoms with Crippen molar-refractivity contribution in [3.8, 4) is 5.75 Å². The number of carbonyl (C=O) groups is 1. The summed E-state index contributed by atoms with van der Waals surface area (Å²) in [5.74, 6) is -1.50. The summed E-state index contributed by atoms with van der Waals surface area (Å²) in [7, 11) is 0. The van der Waals surface area contributed by atoms with E-state index in [1.54, 1.807) is 0 Å². The number of aliphatic carboxylic acids is 1. The second kappa shape index (κ2) is 4.70. The van der Waals surface area contributed by atoms with Crippen LogP contribution in [0.5, 0.6) is 5.75 Å². The Morgan fingerprint density at radius 3 is 2.20 bits per heavy atom. The lowest BCUT2D eigenvalue weighted by Crippen LogP contribution is -2.10. The highest BCUT2D eigenvalue weighted by Gasteiger charge is 2.15. The number of ether oxygens (including phenoxy) is 1. The van der Waals surface area contributed by atoms with Crippen LogP contribution in [0.25, 0.3) is 0 Å². The van der Waals surface area contributed by atoms with Crippen LogP contribution in [0.15, 0.2) is 24.3 Å². The molecule has 1 rings (SSSR count). The average Bonchev–Trinajstić information content (AvgIpc) is 2.17. The topological polar surface area (TPSA) is 66.8 Å². The van der Waals surface area contributed by atoms with Gasteiger partial charge in [0.15, 0.2) is 6.10 Å². The molecule has 0 saturated carbocycles. The maximum Gasteiger partial charge on any atom is 0.387 e. The van der Waals surface area contributed by atoms with Gasteiger partial charge in [0.05, 0.1) is 0 Å². The molecule has 0 bridgehead atoms. The first-order valence-corrected chi connectivity index (χ1v) is 3.96. The number of alkyl halides is 2. The molecule has 0 radical (unpaired) electrons. The smallest absolute Gasteiger partial charge is 0.387 e. The minimum absolute atomic E-state index is 0.0914. The Kier molecular flexibility index (Phi) is 3.56. The highest BCUT2D eigenvalue weighted by Crippen LogP contribution is 2.19. The lowest BCUT2D eigenvalue weighted by Gasteiger charge is -2.07. The predicted molar refractivity (Wildman–Crippen MR) is 45.7 cm³/mol. The van der Waals surface area contributed by atoms with Crippen LogP contribution < -0.4 is 4.74 Å². The van der Waals surface area contributed by atoms with Crippen molar-refractivity contribution in [2.75, 3.05) is 0 Å². The standard InChI is InChI=1S/C9H8F2O4/c10-9(11)15-6-3-1-5(2-4-6)7(12)8(13)14/h1-4,7,9,12H,(H,13,14). The summed E-state index contributed by atoms with van der Waals surface area (Å²) >= 11 is 0. The van der Waals surface area contributed by atoms with E-state index in [4.69, 9.17) is 10.2 Å². The molecule has 2 N–H and O–H groups in total. The molecule has 0 saturated heterocycles. The van der Waals surface area contributed by atoms with Gasteiger partial charge >= 0.3 is 12.6 Å². The number of hydrogen-bond donors (Lipinski definition) is 2. The summed E-state index contributed by atoms with van der Waals surface area (Å²) in [4.78, 5) is 10.4.